The zero-order chi connectivity index (χ0) is 14.7. The highest BCUT2D eigenvalue weighted by molar-refractivity contribution is 6.35. The van der Waals surface area contributed by atoms with E-state index in [1.807, 2.05) is 20.0 Å². The van der Waals surface area contributed by atoms with Crippen LogP contribution in [0.15, 0.2) is 18.2 Å². The topological polar surface area (TPSA) is 32.3 Å². The largest absolute Gasteiger partial charge is 0.339 e. The predicted molar refractivity (Wildman–Crippen MR) is 83.3 cm³/mol. The molecule has 110 valence electrons. The number of nitrogens with zero attached hydrogens (tertiary/aromatic N) is 1. The van der Waals surface area contributed by atoms with Crippen LogP contribution in [0.5, 0.6) is 0 Å². The quantitative estimate of drug-likeness (QED) is 0.920. The zero-order valence-electron chi connectivity index (χ0n) is 11.8. The fourth-order valence-corrected chi connectivity index (χ4v) is 3.12. The molecule has 2 atom stereocenters. The Balaban J connectivity index is 2.03. The van der Waals surface area contributed by atoms with E-state index >= 15 is 0 Å². The molecular formula is C15H20Cl2N2O. The fraction of sp³-hybridized carbons (Fsp3) is 0.533. The van der Waals surface area contributed by atoms with Gasteiger partial charge in [-0.25, -0.2) is 0 Å². The van der Waals surface area contributed by atoms with Gasteiger partial charge in [-0.3, -0.25) is 4.79 Å². The summed E-state index contributed by atoms with van der Waals surface area (Å²) in [4.78, 5) is 14.1. The maximum atomic E-state index is 12.3. The van der Waals surface area contributed by atoms with Gasteiger partial charge < -0.3 is 10.2 Å². The number of hydrogen-bond acceptors (Lipinski definition) is 2. The molecule has 1 N–H and O–H groups in total. The molecule has 0 bridgehead atoms. The van der Waals surface area contributed by atoms with Crippen molar-refractivity contribution in [1.29, 1.82) is 0 Å². The van der Waals surface area contributed by atoms with E-state index in [2.05, 4.69) is 5.32 Å². The van der Waals surface area contributed by atoms with Crippen LogP contribution in [0.3, 0.4) is 0 Å². The van der Waals surface area contributed by atoms with Crippen molar-refractivity contribution in [1.82, 2.24) is 10.2 Å². The minimum atomic E-state index is -0.0614. The second kappa shape index (κ2) is 6.79. The smallest absolute Gasteiger partial charge is 0.224 e. The van der Waals surface area contributed by atoms with E-state index in [0.29, 0.717) is 22.5 Å². The van der Waals surface area contributed by atoms with Gasteiger partial charge in [0.1, 0.15) is 0 Å². The molecule has 2 rings (SSSR count). The summed E-state index contributed by atoms with van der Waals surface area (Å²) in [6.45, 7) is 3.00. The Morgan fingerprint density at radius 2 is 2.25 bits per heavy atom. The van der Waals surface area contributed by atoms with E-state index in [9.17, 15) is 4.79 Å². The van der Waals surface area contributed by atoms with Crippen LogP contribution < -0.4 is 5.32 Å². The maximum Gasteiger partial charge on any atom is 0.224 e. The molecule has 1 aromatic carbocycles. The van der Waals surface area contributed by atoms with Gasteiger partial charge in [0, 0.05) is 29.6 Å². The van der Waals surface area contributed by atoms with E-state index in [4.69, 9.17) is 23.2 Å². The molecule has 1 aliphatic heterocycles. The van der Waals surface area contributed by atoms with Gasteiger partial charge >= 0.3 is 0 Å². The van der Waals surface area contributed by atoms with Crippen molar-refractivity contribution < 1.29 is 4.79 Å². The van der Waals surface area contributed by atoms with E-state index in [0.717, 1.165) is 24.9 Å². The Hall–Kier alpha value is -0.770. The SMILES string of the molecule is CC(c1ccc(Cl)cc1Cl)N(C)C(=O)CC1CCCN1. The van der Waals surface area contributed by atoms with Gasteiger partial charge in [0.2, 0.25) is 5.91 Å². The van der Waals surface area contributed by atoms with Crippen molar-refractivity contribution in [3.8, 4) is 0 Å². The van der Waals surface area contributed by atoms with Crippen LogP contribution in [-0.4, -0.2) is 30.4 Å². The third-order valence-corrected chi connectivity index (χ3v) is 4.53. The molecule has 1 heterocycles. The molecule has 20 heavy (non-hydrogen) atoms. The Morgan fingerprint density at radius 1 is 1.50 bits per heavy atom. The molecule has 0 saturated carbocycles. The van der Waals surface area contributed by atoms with Gasteiger partial charge in [0.05, 0.1) is 6.04 Å². The standard InChI is InChI=1S/C15H20Cl2N2O/c1-10(13-6-5-11(16)8-14(13)17)19(2)15(20)9-12-4-3-7-18-12/h5-6,8,10,12,18H,3-4,7,9H2,1-2H3. The van der Waals surface area contributed by atoms with Crippen LogP contribution in [0.1, 0.15) is 37.8 Å². The molecule has 1 aliphatic rings. The Bertz CT molecular complexity index is 487. The van der Waals surface area contributed by atoms with Gasteiger partial charge in [-0.05, 0) is 44.0 Å². The summed E-state index contributed by atoms with van der Waals surface area (Å²) in [5, 5.41) is 4.56. The van der Waals surface area contributed by atoms with Gasteiger partial charge in [0.15, 0.2) is 0 Å². The number of benzene rings is 1. The minimum Gasteiger partial charge on any atom is -0.339 e. The summed E-state index contributed by atoms with van der Waals surface area (Å²) >= 11 is 12.1. The van der Waals surface area contributed by atoms with Crippen molar-refractivity contribution in [2.24, 2.45) is 0 Å². The molecule has 0 aromatic heterocycles. The number of amides is 1. The minimum absolute atomic E-state index is 0.0614. The van der Waals surface area contributed by atoms with Gasteiger partial charge in [-0.1, -0.05) is 29.3 Å². The molecule has 0 spiro atoms. The second-order valence-electron chi connectivity index (χ2n) is 5.34. The summed E-state index contributed by atoms with van der Waals surface area (Å²) in [5.74, 6) is 0.142. The predicted octanol–water partition coefficient (Wildman–Crippen LogP) is 3.65. The molecule has 1 aromatic rings. The molecule has 2 unspecified atom stereocenters. The van der Waals surface area contributed by atoms with Crippen LogP contribution in [0.2, 0.25) is 10.0 Å². The average molecular weight is 315 g/mol. The highest BCUT2D eigenvalue weighted by atomic mass is 35.5. The number of rotatable bonds is 4. The van der Waals surface area contributed by atoms with Crippen molar-refractivity contribution >= 4 is 29.1 Å². The number of carbonyl (C=O) groups excluding carboxylic acids is 1. The first-order valence-corrected chi connectivity index (χ1v) is 7.68. The first-order valence-electron chi connectivity index (χ1n) is 6.93. The molecule has 1 fully saturated rings. The van der Waals surface area contributed by atoms with Crippen LogP contribution >= 0.6 is 23.2 Å². The van der Waals surface area contributed by atoms with E-state index in [1.54, 1.807) is 17.0 Å². The van der Waals surface area contributed by atoms with E-state index in [1.165, 1.54) is 0 Å². The number of hydrogen-bond donors (Lipinski definition) is 1. The highest BCUT2D eigenvalue weighted by Crippen LogP contribution is 2.29. The summed E-state index contributed by atoms with van der Waals surface area (Å²) in [5.41, 5.74) is 0.922. The van der Waals surface area contributed by atoms with Crippen LogP contribution in [0.4, 0.5) is 0 Å². The highest BCUT2D eigenvalue weighted by Gasteiger charge is 2.24. The molecule has 0 radical (unpaired) electrons. The maximum absolute atomic E-state index is 12.3. The summed E-state index contributed by atoms with van der Waals surface area (Å²) < 4.78 is 0. The van der Waals surface area contributed by atoms with Gasteiger partial charge in [-0.2, -0.15) is 0 Å². The lowest BCUT2D eigenvalue weighted by atomic mass is 10.1. The van der Waals surface area contributed by atoms with Gasteiger partial charge in [0.25, 0.3) is 0 Å². The normalized spacial score (nSPS) is 19.9. The van der Waals surface area contributed by atoms with Crippen molar-refractivity contribution in [2.45, 2.75) is 38.3 Å². The van der Waals surface area contributed by atoms with Crippen LogP contribution in [0, 0.1) is 0 Å². The number of halogens is 2. The van der Waals surface area contributed by atoms with Crippen molar-refractivity contribution in [3.63, 3.8) is 0 Å². The number of nitrogens with one attached hydrogen (secondary N) is 1. The summed E-state index contributed by atoms with van der Waals surface area (Å²) in [7, 11) is 1.83. The molecule has 5 heteroatoms. The molecular weight excluding hydrogens is 295 g/mol. The first kappa shape index (κ1) is 15.6. The summed E-state index contributed by atoms with van der Waals surface area (Å²) in [6, 6.07) is 5.65. The second-order valence-corrected chi connectivity index (χ2v) is 6.19. The van der Waals surface area contributed by atoms with Crippen LogP contribution in [-0.2, 0) is 4.79 Å². The van der Waals surface area contributed by atoms with Gasteiger partial charge in [-0.15, -0.1) is 0 Å². The number of carbonyl (C=O) groups is 1. The third-order valence-electron chi connectivity index (χ3n) is 3.97. The lowest BCUT2D eigenvalue weighted by Gasteiger charge is -2.27. The van der Waals surface area contributed by atoms with E-state index < -0.39 is 0 Å². The van der Waals surface area contributed by atoms with Crippen molar-refractivity contribution in [2.75, 3.05) is 13.6 Å². The lowest BCUT2D eigenvalue weighted by molar-refractivity contribution is -0.132. The van der Waals surface area contributed by atoms with Crippen LogP contribution in [0.25, 0.3) is 0 Å². The Labute approximate surface area is 130 Å². The lowest BCUT2D eigenvalue weighted by Crippen LogP contribution is -2.35. The zero-order valence-corrected chi connectivity index (χ0v) is 13.3. The molecule has 1 amide bonds. The summed E-state index contributed by atoms with van der Waals surface area (Å²) in [6.07, 6.45) is 2.78. The molecule has 1 saturated heterocycles. The monoisotopic (exact) mass is 314 g/mol. The third kappa shape index (κ3) is 3.66. The van der Waals surface area contributed by atoms with Crippen molar-refractivity contribution in [3.05, 3.63) is 33.8 Å². The fourth-order valence-electron chi connectivity index (χ4n) is 2.55. The average Bonchev–Trinajstić information content (AvgIpc) is 2.90. The molecule has 3 nitrogen and oxygen atoms in total. The first-order chi connectivity index (χ1) is 9.49. The Kier molecular flexibility index (Phi) is 5.30. The Morgan fingerprint density at radius 3 is 2.85 bits per heavy atom. The molecule has 0 aliphatic carbocycles. The van der Waals surface area contributed by atoms with E-state index in [-0.39, 0.29) is 11.9 Å².